The second-order valence-electron chi connectivity index (χ2n) is 2.14. The summed E-state index contributed by atoms with van der Waals surface area (Å²) in [6.07, 6.45) is 3.27. The van der Waals surface area contributed by atoms with E-state index in [1.54, 1.807) is 0 Å². The molecule has 3 N–H and O–H groups in total. The van der Waals surface area contributed by atoms with E-state index in [-0.39, 0.29) is 0 Å². The maximum absolute atomic E-state index is 4.89. The number of hydrogen-bond acceptors (Lipinski definition) is 3. The summed E-state index contributed by atoms with van der Waals surface area (Å²) in [6.45, 7) is 2.57. The third-order valence-electron chi connectivity index (χ3n) is 1.37. The monoisotopic (exact) mass is 128 g/mol. The molecule has 0 saturated carbocycles. The molecule has 0 radical (unpaired) electrons. The molecule has 3 heteroatoms. The van der Waals surface area contributed by atoms with E-state index in [9.17, 15) is 0 Å². The molecule has 0 aromatic carbocycles. The van der Waals surface area contributed by atoms with Gasteiger partial charge in [-0.3, -0.25) is 0 Å². The van der Waals surface area contributed by atoms with E-state index in [0.717, 1.165) is 19.5 Å². The maximum Gasteiger partial charge on any atom is 0.0902 e. The lowest BCUT2D eigenvalue weighted by Gasteiger charge is -2.12. The van der Waals surface area contributed by atoms with Crippen LogP contribution < -0.4 is 11.2 Å². The molecule has 0 aromatic heterocycles. The van der Waals surface area contributed by atoms with Crippen LogP contribution in [-0.2, 0) is 4.84 Å². The highest BCUT2D eigenvalue weighted by molar-refractivity contribution is 5.07. The van der Waals surface area contributed by atoms with Crippen molar-refractivity contribution in [2.24, 2.45) is 5.90 Å². The molecule has 0 aromatic rings. The molecule has 1 aliphatic heterocycles. The predicted octanol–water partition coefficient (Wildman–Crippen LogP) is -0.204. The lowest BCUT2D eigenvalue weighted by atomic mass is 10.2. The molecule has 0 spiro atoms. The molecule has 0 atom stereocenters. The van der Waals surface area contributed by atoms with Gasteiger partial charge in [0, 0.05) is 6.54 Å². The Morgan fingerprint density at radius 2 is 2.67 bits per heavy atom. The minimum Gasteiger partial charge on any atom is -0.313 e. The minimum absolute atomic E-state index is 0.562. The molecule has 0 unspecified atom stereocenters. The van der Waals surface area contributed by atoms with Crippen LogP contribution in [0.2, 0.25) is 0 Å². The maximum atomic E-state index is 4.89. The Morgan fingerprint density at radius 3 is 3.22 bits per heavy atom. The lowest BCUT2D eigenvalue weighted by Crippen LogP contribution is -2.24. The first-order valence-electron chi connectivity index (χ1n) is 3.14. The summed E-state index contributed by atoms with van der Waals surface area (Å²) in [4.78, 5) is 4.47. The van der Waals surface area contributed by atoms with E-state index in [0.29, 0.717) is 6.61 Å². The van der Waals surface area contributed by atoms with Crippen molar-refractivity contribution in [2.75, 3.05) is 19.7 Å². The van der Waals surface area contributed by atoms with Gasteiger partial charge in [0.2, 0.25) is 0 Å². The van der Waals surface area contributed by atoms with Crippen molar-refractivity contribution in [3.8, 4) is 0 Å². The molecular formula is C6H12N2O. The smallest absolute Gasteiger partial charge is 0.0902 e. The van der Waals surface area contributed by atoms with Gasteiger partial charge in [0.1, 0.15) is 0 Å². The van der Waals surface area contributed by atoms with E-state index in [1.165, 1.54) is 5.57 Å². The molecule has 9 heavy (non-hydrogen) atoms. The molecule has 3 nitrogen and oxygen atoms in total. The van der Waals surface area contributed by atoms with Gasteiger partial charge >= 0.3 is 0 Å². The number of nitrogens with one attached hydrogen (secondary N) is 1. The summed E-state index contributed by atoms with van der Waals surface area (Å²) in [5.41, 5.74) is 1.25. The topological polar surface area (TPSA) is 47.3 Å². The highest BCUT2D eigenvalue weighted by atomic mass is 16.6. The highest BCUT2D eigenvalue weighted by Crippen LogP contribution is 1.99. The van der Waals surface area contributed by atoms with Gasteiger partial charge in [-0.1, -0.05) is 6.08 Å². The van der Waals surface area contributed by atoms with Crippen LogP contribution in [0.5, 0.6) is 0 Å². The second kappa shape index (κ2) is 3.61. The zero-order valence-electron chi connectivity index (χ0n) is 5.39. The average molecular weight is 128 g/mol. The van der Waals surface area contributed by atoms with Crippen LogP contribution in [0.15, 0.2) is 11.6 Å². The Balaban J connectivity index is 2.28. The fourth-order valence-corrected chi connectivity index (χ4v) is 0.916. The molecule has 1 heterocycles. The summed E-state index contributed by atoms with van der Waals surface area (Å²) in [5, 5.41) is 3.22. The Labute approximate surface area is 54.8 Å². The van der Waals surface area contributed by atoms with Crippen molar-refractivity contribution < 1.29 is 4.84 Å². The molecular weight excluding hydrogens is 116 g/mol. The van der Waals surface area contributed by atoms with Gasteiger partial charge in [-0.05, 0) is 18.5 Å². The van der Waals surface area contributed by atoms with Gasteiger partial charge in [-0.15, -0.1) is 0 Å². The molecule has 0 saturated heterocycles. The Bertz CT molecular complexity index is 112. The third kappa shape index (κ3) is 2.13. The average Bonchev–Trinajstić information content (AvgIpc) is 1.91. The van der Waals surface area contributed by atoms with Gasteiger partial charge in [-0.2, -0.15) is 0 Å². The van der Waals surface area contributed by atoms with Crippen LogP contribution >= 0.6 is 0 Å². The van der Waals surface area contributed by atoms with Crippen LogP contribution in [-0.4, -0.2) is 19.7 Å². The van der Waals surface area contributed by atoms with Crippen molar-refractivity contribution in [2.45, 2.75) is 6.42 Å². The van der Waals surface area contributed by atoms with Gasteiger partial charge in [0.05, 0.1) is 6.61 Å². The molecule has 1 rings (SSSR count). The summed E-state index contributed by atoms with van der Waals surface area (Å²) < 4.78 is 0. The van der Waals surface area contributed by atoms with E-state index in [2.05, 4.69) is 16.2 Å². The molecule has 52 valence electrons. The van der Waals surface area contributed by atoms with E-state index in [1.807, 2.05) is 0 Å². The number of rotatable bonds is 2. The summed E-state index contributed by atoms with van der Waals surface area (Å²) in [6, 6.07) is 0. The van der Waals surface area contributed by atoms with Crippen molar-refractivity contribution >= 4 is 0 Å². The largest absolute Gasteiger partial charge is 0.313 e. The Hall–Kier alpha value is -0.380. The first-order chi connectivity index (χ1) is 4.43. The van der Waals surface area contributed by atoms with Crippen molar-refractivity contribution in [1.82, 2.24) is 5.32 Å². The second-order valence-corrected chi connectivity index (χ2v) is 2.14. The van der Waals surface area contributed by atoms with Crippen molar-refractivity contribution in [3.05, 3.63) is 11.6 Å². The van der Waals surface area contributed by atoms with Crippen LogP contribution in [0.1, 0.15) is 6.42 Å². The fourth-order valence-electron chi connectivity index (χ4n) is 0.916. The molecule has 0 fully saturated rings. The van der Waals surface area contributed by atoms with Gasteiger partial charge < -0.3 is 10.2 Å². The Morgan fingerprint density at radius 1 is 1.78 bits per heavy atom. The zero-order chi connectivity index (χ0) is 6.53. The van der Waals surface area contributed by atoms with E-state index >= 15 is 0 Å². The van der Waals surface area contributed by atoms with Gasteiger partial charge in [0.25, 0.3) is 0 Å². The lowest BCUT2D eigenvalue weighted by molar-refractivity contribution is 0.159. The predicted molar refractivity (Wildman–Crippen MR) is 35.7 cm³/mol. The molecule has 0 amide bonds. The first kappa shape index (κ1) is 6.74. The minimum atomic E-state index is 0.562. The quantitative estimate of drug-likeness (QED) is 0.400. The van der Waals surface area contributed by atoms with Crippen LogP contribution in [0.25, 0.3) is 0 Å². The van der Waals surface area contributed by atoms with E-state index < -0.39 is 0 Å². The molecule has 1 aliphatic rings. The van der Waals surface area contributed by atoms with Crippen LogP contribution in [0.3, 0.4) is 0 Å². The van der Waals surface area contributed by atoms with Gasteiger partial charge in [-0.25, -0.2) is 5.90 Å². The fraction of sp³-hybridized carbons (Fsp3) is 0.667. The highest BCUT2D eigenvalue weighted by Gasteiger charge is 2.00. The summed E-state index contributed by atoms with van der Waals surface area (Å²) >= 11 is 0. The van der Waals surface area contributed by atoms with Gasteiger partial charge in [0.15, 0.2) is 0 Å². The molecule has 0 bridgehead atoms. The zero-order valence-corrected chi connectivity index (χ0v) is 5.39. The summed E-state index contributed by atoms with van der Waals surface area (Å²) in [5.74, 6) is 4.89. The van der Waals surface area contributed by atoms with Crippen LogP contribution in [0, 0.1) is 0 Å². The summed E-state index contributed by atoms with van der Waals surface area (Å²) in [7, 11) is 0. The number of nitrogens with two attached hydrogens (primary N) is 1. The Kier molecular flexibility index (Phi) is 2.70. The normalized spacial score (nSPS) is 19.4. The SMILES string of the molecule is NOCC1=CCCNC1. The van der Waals surface area contributed by atoms with Crippen molar-refractivity contribution in [1.29, 1.82) is 0 Å². The van der Waals surface area contributed by atoms with Crippen molar-refractivity contribution in [3.63, 3.8) is 0 Å². The number of hydrogen-bond donors (Lipinski definition) is 2. The standard InChI is InChI=1S/C6H12N2O/c7-9-5-6-2-1-3-8-4-6/h2,8H,1,3-5,7H2. The first-order valence-corrected chi connectivity index (χ1v) is 3.14. The van der Waals surface area contributed by atoms with Crippen LogP contribution in [0.4, 0.5) is 0 Å². The third-order valence-corrected chi connectivity index (χ3v) is 1.37. The van der Waals surface area contributed by atoms with E-state index in [4.69, 9.17) is 5.90 Å². The molecule has 0 aliphatic carbocycles.